The minimum absolute atomic E-state index is 0.284. The van der Waals surface area contributed by atoms with Crippen LogP contribution in [0.2, 0.25) is 0 Å². The molecule has 0 saturated carbocycles. The van der Waals surface area contributed by atoms with Crippen LogP contribution in [-0.2, 0) is 0 Å². The van der Waals surface area contributed by atoms with Crippen molar-refractivity contribution in [3.63, 3.8) is 0 Å². The fourth-order valence-electron chi connectivity index (χ4n) is 2.10. The molecule has 0 amide bonds. The van der Waals surface area contributed by atoms with Crippen molar-refractivity contribution in [2.45, 2.75) is 39.7 Å². The average molecular weight is 279 g/mol. The second-order valence-electron chi connectivity index (χ2n) is 4.92. The summed E-state index contributed by atoms with van der Waals surface area (Å²) in [4.78, 5) is 13.2. The number of carbonyl (C=O) groups is 1. The molecule has 0 aromatic heterocycles. The van der Waals surface area contributed by atoms with Gasteiger partial charge in [-0.05, 0) is 50.6 Å². The Morgan fingerprint density at radius 3 is 2.45 bits per heavy atom. The van der Waals surface area contributed by atoms with Crippen LogP contribution in [0, 0.1) is 0 Å². The van der Waals surface area contributed by atoms with Gasteiger partial charge in [-0.25, -0.2) is 4.79 Å². The molecule has 1 aromatic carbocycles. The van der Waals surface area contributed by atoms with E-state index in [1.165, 1.54) is 0 Å². The standard InChI is InChI=1S/C16H25NO3/c1-4-13(3)17(5-2)11-6-12-20-15-9-7-14(8-10-15)16(18)19/h7-10,13H,4-6,11-12H2,1-3H3,(H,18,19). The molecule has 1 N–H and O–H groups in total. The van der Waals surface area contributed by atoms with Crippen molar-refractivity contribution in [3.05, 3.63) is 29.8 Å². The molecule has 1 unspecified atom stereocenters. The molecule has 0 aliphatic rings. The van der Waals surface area contributed by atoms with Crippen LogP contribution in [0.15, 0.2) is 24.3 Å². The van der Waals surface area contributed by atoms with Crippen LogP contribution in [0.1, 0.15) is 44.0 Å². The molecule has 1 atom stereocenters. The van der Waals surface area contributed by atoms with E-state index < -0.39 is 5.97 Å². The summed E-state index contributed by atoms with van der Waals surface area (Å²) in [6.07, 6.45) is 2.13. The van der Waals surface area contributed by atoms with E-state index in [0.717, 1.165) is 31.7 Å². The molecule has 4 heteroatoms. The topological polar surface area (TPSA) is 49.8 Å². The SMILES string of the molecule is CCC(C)N(CC)CCCOc1ccc(C(=O)O)cc1. The van der Waals surface area contributed by atoms with Gasteiger partial charge in [-0.3, -0.25) is 0 Å². The summed E-state index contributed by atoms with van der Waals surface area (Å²) >= 11 is 0. The van der Waals surface area contributed by atoms with Gasteiger partial charge in [0.05, 0.1) is 12.2 Å². The number of ether oxygens (including phenoxy) is 1. The largest absolute Gasteiger partial charge is 0.494 e. The summed E-state index contributed by atoms with van der Waals surface area (Å²) in [7, 11) is 0. The van der Waals surface area contributed by atoms with Gasteiger partial charge in [0.25, 0.3) is 0 Å². The summed E-state index contributed by atoms with van der Waals surface area (Å²) in [5, 5.41) is 8.81. The van der Waals surface area contributed by atoms with Crippen molar-refractivity contribution >= 4 is 5.97 Å². The monoisotopic (exact) mass is 279 g/mol. The van der Waals surface area contributed by atoms with E-state index >= 15 is 0 Å². The molecule has 0 fully saturated rings. The molecule has 1 aromatic rings. The van der Waals surface area contributed by atoms with Crippen molar-refractivity contribution in [1.29, 1.82) is 0 Å². The number of nitrogens with zero attached hydrogens (tertiary/aromatic N) is 1. The Morgan fingerprint density at radius 1 is 1.30 bits per heavy atom. The number of hydrogen-bond acceptors (Lipinski definition) is 3. The maximum absolute atomic E-state index is 10.7. The molecule has 0 spiro atoms. The lowest BCUT2D eigenvalue weighted by molar-refractivity contribution is 0.0697. The first-order chi connectivity index (χ1) is 9.58. The van der Waals surface area contributed by atoms with Gasteiger partial charge in [-0.2, -0.15) is 0 Å². The van der Waals surface area contributed by atoms with Gasteiger partial charge in [0.1, 0.15) is 5.75 Å². The van der Waals surface area contributed by atoms with Gasteiger partial charge in [0, 0.05) is 12.6 Å². The molecule has 0 heterocycles. The second-order valence-corrected chi connectivity index (χ2v) is 4.92. The second kappa shape index (κ2) is 8.59. The summed E-state index contributed by atoms with van der Waals surface area (Å²) in [5.41, 5.74) is 0.284. The quantitative estimate of drug-likeness (QED) is 0.705. The van der Waals surface area contributed by atoms with Crippen LogP contribution in [0.3, 0.4) is 0 Å². The zero-order valence-corrected chi connectivity index (χ0v) is 12.6. The highest BCUT2D eigenvalue weighted by Gasteiger charge is 2.09. The molecule has 0 saturated heterocycles. The third-order valence-electron chi connectivity index (χ3n) is 3.58. The lowest BCUT2D eigenvalue weighted by Gasteiger charge is -2.26. The van der Waals surface area contributed by atoms with Gasteiger partial charge in [-0.15, -0.1) is 0 Å². The Balaban J connectivity index is 2.31. The Bertz CT molecular complexity index is 403. The van der Waals surface area contributed by atoms with E-state index in [4.69, 9.17) is 9.84 Å². The van der Waals surface area contributed by atoms with Gasteiger partial charge in [-0.1, -0.05) is 13.8 Å². The number of carboxylic acid groups (broad SMARTS) is 1. The fraction of sp³-hybridized carbons (Fsp3) is 0.562. The van der Waals surface area contributed by atoms with Gasteiger partial charge in [0.2, 0.25) is 0 Å². The molecule has 0 radical (unpaired) electrons. The maximum Gasteiger partial charge on any atom is 0.335 e. The van der Waals surface area contributed by atoms with Gasteiger partial charge >= 0.3 is 5.97 Å². The first-order valence-electron chi connectivity index (χ1n) is 7.28. The highest BCUT2D eigenvalue weighted by Crippen LogP contribution is 2.12. The lowest BCUT2D eigenvalue weighted by atomic mass is 10.2. The molecule has 1 rings (SSSR count). The van der Waals surface area contributed by atoms with Crippen molar-refractivity contribution < 1.29 is 14.6 Å². The smallest absolute Gasteiger partial charge is 0.335 e. The minimum atomic E-state index is -0.913. The Morgan fingerprint density at radius 2 is 1.95 bits per heavy atom. The maximum atomic E-state index is 10.7. The third-order valence-corrected chi connectivity index (χ3v) is 3.58. The van der Waals surface area contributed by atoms with Crippen molar-refractivity contribution in [1.82, 2.24) is 4.90 Å². The fourth-order valence-corrected chi connectivity index (χ4v) is 2.10. The van der Waals surface area contributed by atoms with E-state index in [0.29, 0.717) is 12.6 Å². The van der Waals surface area contributed by atoms with E-state index in [2.05, 4.69) is 25.7 Å². The molecule has 20 heavy (non-hydrogen) atoms. The van der Waals surface area contributed by atoms with E-state index in [1.807, 2.05) is 0 Å². The van der Waals surface area contributed by atoms with Gasteiger partial charge in [0.15, 0.2) is 0 Å². The normalized spacial score (nSPS) is 12.4. The van der Waals surface area contributed by atoms with Crippen LogP contribution in [0.4, 0.5) is 0 Å². The molecule has 0 aliphatic heterocycles. The van der Waals surface area contributed by atoms with E-state index in [-0.39, 0.29) is 5.56 Å². The Hall–Kier alpha value is -1.55. The Labute approximate surface area is 121 Å². The van der Waals surface area contributed by atoms with E-state index in [1.54, 1.807) is 24.3 Å². The molecule has 4 nitrogen and oxygen atoms in total. The Kier molecular flexibility index (Phi) is 7.09. The first-order valence-corrected chi connectivity index (χ1v) is 7.28. The highest BCUT2D eigenvalue weighted by molar-refractivity contribution is 5.87. The molecular weight excluding hydrogens is 254 g/mol. The zero-order valence-electron chi connectivity index (χ0n) is 12.6. The van der Waals surface area contributed by atoms with Crippen molar-refractivity contribution in [2.75, 3.05) is 19.7 Å². The van der Waals surface area contributed by atoms with Crippen LogP contribution in [0.5, 0.6) is 5.75 Å². The summed E-state index contributed by atoms with van der Waals surface area (Å²) in [6, 6.07) is 7.14. The summed E-state index contributed by atoms with van der Waals surface area (Å²) in [5.74, 6) is -0.190. The predicted octanol–water partition coefficient (Wildman–Crippen LogP) is 3.27. The minimum Gasteiger partial charge on any atom is -0.494 e. The van der Waals surface area contributed by atoms with E-state index in [9.17, 15) is 4.79 Å². The number of rotatable bonds is 9. The highest BCUT2D eigenvalue weighted by atomic mass is 16.5. The molecular formula is C16H25NO3. The number of aromatic carboxylic acids is 1. The zero-order chi connectivity index (χ0) is 15.0. The summed E-state index contributed by atoms with van der Waals surface area (Å²) < 4.78 is 5.63. The van der Waals surface area contributed by atoms with Crippen LogP contribution in [-0.4, -0.2) is 41.7 Å². The molecule has 0 bridgehead atoms. The third kappa shape index (κ3) is 5.21. The number of carboxylic acids is 1. The van der Waals surface area contributed by atoms with Gasteiger partial charge < -0.3 is 14.7 Å². The van der Waals surface area contributed by atoms with Crippen molar-refractivity contribution in [3.8, 4) is 5.75 Å². The summed E-state index contributed by atoms with van der Waals surface area (Å²) in [6.45, 7) is 9.36. The van der Waals surface area contributed by atoms with Crippen LogP contribution >= 0.6 is 0 Å². The predicted molar refractivity (Wildman–Crippen MR) is 80.5 cm³/mol. The van der Waals surface area contributed by atoms with Crippen LogP contribution < -0.4 is 4.74 Å². The van der Waals surface area contributed by atoms with Crippen molar-refractivity contribution in [2.24, 2.45) is 0 Å². The lowest BCUT2D eigenvalue weighted by Crippen LogP contribution is -2.33. The van der Waals surface area contributed by atoms with Crippen LogP contribution in [0.25, 0.3) is 0 Å². The first kappa shape index (κ1) is 16.5. The number of benzene rings is 1. The molecule has 0 aliphatic carbocycles. The molecule has 112 valence electrons. The average Bonchev–Trinajstić information content (AvgIpc) is 2.47. The number of hydrogen-bond donors (Lipinski definition) is 1.